The van der Waals surface area contributed by atoms with Crippen molar-refractivity contribution in [3.05, 3.63) is 47.5 Å². The van der Waals surface area contributed by atoms with Crippen molar-refractivity contribution < 1.29 is 0 Å². The lowest BCUT2D eigenvalue weighted by atomic mass is 9.65. The van der Waals surface area contributed by atoms with Crippen LogP contribution >= 0.6 is 12.4 Å². The molecule has 1 nitrogen and oxygen atoms in total. The monoisotopic (exact) mass is 235 g/mol. The van der Waals surface area contributed by atoms with Gasteiger partial charge in [0.15, 0.2) is 0 Å². The first-order chi connectivity index (χ1) is 7.31. The molecule has 0 fully saturated rings. The van der Waals surface area contributed by atoms with Crippen LogP contribution in [-0.2, 0) is 12.0 Å². The summed E-state index contributed by atoms with van der Waals surface area (Å²) in [7, 11) is 0. The summed E-state index contributed by atoms with van der Waals surface area (Å²) in [6, 6.07) is 8.70. The van der Waals surface area contributed by atoms with E-state index < -0.39 is 0 Å². The standard InChI is InChI=1S/C14H17N.ClH/c15-14-10-4-3-6-12(14)9-8-11-5-1-2-7-13(11)14;/h1-5,7,12H,6,8-10,15H2;1H. The molecule has 0 aliphatic heterocycles. The van der Waals surface area contributed by atoms with Crippen molar-refractivity contribution in [3.63, 3.8) is 0 Å². The predicted octanol–water partition coefficient (Wildman–Crippen LogP) is 3.17. The molecule has 0 aromatic heterocycles. The maximum Gasteiger partial charge on any atom is 0.0478 e. The maximum absolute atomic E-state index is 6.62. The molecular formula is C14H18ClN. The van der Waals surface area contributed by atoms with E-state index in [1.165, 1.54) is 24.0 Å². The summed E-state index contributed by atoms with van der Waals surface area (Å²) in [4.78, 5) is 0. The third-order valence-corrected chi connectivity index (χ3v) is 4.05. The van der Waals surface area contributed by atoms with Crippen LogP contribution in [0.15, 0.2) is 36.4 Å². The van der Waals surface area contributed by atoms with E-state index in [0.29, 0.717) is 5.92 Å². The topological polar surface area (TPSA) is 26.0 Å². The van der Waals surface area contributed by atoms with Crippen molar-refractivity contribution in [2.45, 2.75) is 31.2 Å². The number of aryl methyl sites for hydroxylation is 1. The van der Waals surface area contributed by atoms with Crippen molar-refractivity contribution in [1.29, 1.82) is 0 Å². The van der Waals surface area contributed by atoms with Crippen LogP contribution in [0.3, 0.4) is 0 Å². The molecule has 2 N–H and O–H groups in total. The SMILES string of the molecule is Cl.NC12CC=CCC1CCc1ccccc12. The van der Waals surface area contributed by atoms with Gasteiger partial charge in [-0.25, -0.2) is 0 Å². The van der Waals surface area contributed by atoms with Crippen LogP contribution in [0.1, 0.15) is 30.4 Å². The van der Waals surface area contributed by atoms with Crippen LogP contribution in [0.4, 0.5) is 0 Å². The second-order valence-corrected chi connectivity index (χ2v) is 4.84. The summed E-state index contributed by atoms with van der Waals surface area (Å²) >= 11 is 0. The van der Waals surface area contributed by atoms with E-state index in [4.69, 9.17) is 5.73 Å². The minimum Gasteiger partial charge on any atom is -0.321 e. The Morgan fingerprint density at radius 1 is 1.19 bits per heavy atom. The second-order valence-electron chi connectivity index (χ2n) is 4.84. The average Bonchev–Trinajstić information content (AvgIpc) is 2.29. The molecular weight excluding hydrogens is 218 g/mol. The van der Waals surface area contributed by atoms with Gasteiger partial charge >= 0.3 is 0 Å². The Kier molecular flexibility index (Phi) is 3.09. The largest absolute Gasteiger partial charge is 0.321 e. The van der Waals surface area contributed by atoms with Crippen LogP contribution in [0.5, 0.6) is 0 Å². The van der Waals surface area contributed by atoms with Gasteiger partial charge < -0.3 is 5.73 Å². The van der Waals surface area contributed by atoms with Gasteiger partial charge in [-0.1, -0.05) is 36.4 Å². The molecule has 1 aromatic carbocycles. The van der Waals surface area contributed by atoms with Crippen LogP contribution in [-0.4, -0.2) is 0 Å². The van der Waals surface area contributed by atoms with Gasteiger partial charge in [-0.3, -0.25) is 0 Å². The number of hydrogen-bond donors (Lipinski definition) is 1. The number of nitrogens with two attached hydrogens (primary N) is 1. The van der Waals surface area contributed by atoms with Gasteiger partial charge in [0.25, 0.3) is 0 Å². The lowest BCUT2D eigenvalue weighted by Crippen LogP contribution is -2.48. The van der Waals surface area contributed by atoms with Crippen LogP contribution < -0.4 is 5.73 Å². The summed E-state index contributed by atoms with van der Waals surface area (Å²) in [6.45, 7) is 0. The Labute approximate surface area is 103 Å². The van der Waals surface area contributed by atoms with Gasteiger partial charge in [-0.2, -0.15) is 0 Å². The summed E-state index contributed by atoms with van der Waals surface area (Å²) in [5, 5.41) is 0. The first kappa shape index (κ1) is 11.7. The number of halogens is 1. The molecule has 3 rings (SSSR count). The third-order valence-electron chi connectivity index (χ3n) is 4.05. The molecule has 2 unspecified atom stereocenters. The first-order valence-electron chi connectivity index (χ1n) is 5.83. The lowest BCUT2D eigenvalue weighted by Gasteiger charge is -2.44. The smallest absolute Gasteiger partial charge is 0.0478 e. The Bertz CT molecular complexity index is 413. The Balaban J connectivity index is 0.000000963. The van der Waals surface area contributed by atoms with Crippen molar-refractivity contribution in [3.8, 4) is 0 Å². The highest BCUT2D eigenvalue weighted by atomic mass is 35.5. The van der Waals surface area contributed by atoms with Gasteiger partial charge in [0.1, 0.15) is 0 Å². The molecule has 2 atom stereocenters. The molecule has 2 aliphatic carbocycles. The highest BCUT2D eigenvalue weighted by Gasteiger charge is 2.40. The van der Waals surface area contributed by atoms with E-state index in [2.05, 4.69) is 36.4 Å². The molecule has 2 heteroatoms. The highest BCUT2D eigenvalue weighted by molar-refractivity contribution is 5.85. The van der Waals surface area contributed by atoms with Crippen LogP contribution in [0.2, 0.25) is 0 Å². The van der Waals surface area contributed by atoms with Gasteiger partial charge in [-0.05, 0) is 42.7 Å². The molecule has 0 spiro atoms. The predicted molar refractivity (Wildman–Crippen MR) is 69.7 cm³/mol. The van der Waals surface area contributed by atoms with Gasteiger partial charge in [0.05, 0.1) is 0 Å². The minimum atomic E-state index is -0.0798. The Morgan fingerprint density at radius 3 is 2.88 bits per heavy atom. The molecule has 0 bridgehead atoms. The Morgan fingerprint density at radius 2 is 2.00 bits per heavy atom. The molecule has 2 aliphatic rings. The van der Waals surface area contributed by atoms with Crippen LogP contribution in [0, 0.1) is 5.92 Å². The fourth-order valence-electron chi connectivity index (χ4n) is 3.14. The first-order valence-corrected chi connectivity index (χ1v) is 5.83. The number of hydrogen-bond acceptors (Lipinski definition) is 1. The highest BCUT2D eigenvalue weighted by Crippen LogP contribution is 2.44. The van der Waals surface area contributed by atoms with E-state index in [1.807, 2.05) is 0 Å². The fourth-order valence-corrected chi connectivity index (χ4v) is 3.14. The quantitative estimate of drug-likeness (QED) is 0.687. The molecule has 1 aromatic rings. The summed E-state index contributed by atoms with van der Waals surface area (Å²) < 4.78 is 0. The third kappa shape index (κ3) is 1.59. The zero-order valence-electron chi connectivity index (χ0n) is 9.36. The molecule has 16 heavy (non-hydrogen) atoms. The summed E-state index contributed by atoms with van der Waals surface area (Å²) in [5.74, 6) is 0.650. The number of benzene rings is 1. The molecule has 0 heterocycles. The number of fused-ring (bicyclic) bond motifs is 3. The van der Waals surface area contributed by atoms with Gasteiger partial charge in [0, 0.05) is 5.54 Å². The van der Waals surface area contributed by atoms with E-state index in [1.54, 1.807) is 0 Å². The van der Waals surface area contributed by atoms with E-state index in [9.17, 15) is 0 Å². The van der Waals surface area contributed by atoms with E-state index >= 15 is 0 Å². The molecule has 0 saturated carbocycles. The number of allylic oxidation sites excluding steroid dienone is 1. The second kappa shape index (κ2) is 4.23. The minimum absolute atomic E-state index is 0. The number of rotatable bonds is 0. The normalized spacial score (nSPS) is 31.2. The zero-order valence-corrected chi connectivity index (χ0v) is 10.2. The summed E-state index contributed by atoms with van der Waals surface area (Å²) in [5.41, 5.74) is 9.40. The average molecular weight is 236 g/mol. The van der Waals surface area contributed by atoms with E-state index in [0.717, 1.165) is 12.8 Å². The van der Waals surface area contributed by atoms with Gasteiger partial charge in [0.2, 0.25) is 0 Å². The maximum atomic E-state index is 6.62. The van der Waals surface area contributed by atoms with Crippen molar-refractivity contribution in [2.75, 3.05) is 0 Å². The van der Waals surface area contributed by atoms with Crippen molar-refractivity contribution >= 4 is 12.4 Å². The zero-order chi connectivity index (χ0) is 10.3. The van der Waals surface area contributed by atoms with Gasteiger partial charge in [-0.15, -0.1) is 12.4 Å². The van der Waals surface area contributed by atoms with Crippen molar-refractivity contribution in [1.82, 2.24) is 0 Å². The molecule has 0 radical (unpaired) electrons. The van der Waals surface area contributed by atoms with E-state index in [-0.39, 0.29) is 17.9 Å². The molecule has 0 saturated heterocycles. The molecule has 86 valence electrons. The van der Waals surface area contributed by atoms with Crippen molar-refractivity contribution in [2.24, 2.45) is 11.7 Å². The summed E-state index contributed by atoms with van der Waals surface area (Å²) in [6.07, 6.45) is 9.16. The fraction of sp³-hybridized carbons (Fsp3) is 0.429. The lowest BCUT2D eigenvalue weighted by molar-refractivity contribution is 0.232. The molecule has 0 amide bonds. The van der Waals surface area contributed by atoms with Crippen LogP contribution in [0.25, 0.3) is 0 Å². The Hall–Kier alpha value is -0.790.